The van der Waals surface area contributed by atoms with Gasteiger partial charge in [0.1, 0.15) is 34.2 Å². The number of esters is 1. The predicted octanol–water partition coefficient (Wildman–Crippen LogP) is 5.26. The average molecular weight is 582 g/mol. The van der Waals surface area contributed by atoms with E-state index >= 15 is 0 Å². The Morgan fingerprint density at radius 2 is 1.68 bits per heavy atom. The Labute approximate surface area is 235 Å². The van der Waals surface area contributed by atoms with Gasteiger partial charge in [-0.3, -0.25) is 4.31 Å². The van der Waals surface area contributed by atoms with Gasteiger partial charge in [-0.25, -0.2) is 22.4 Å². The molecule has 0 bridgehead atoms. The number of hydrogen-bond acceptors (Lipinski definition) is 8. The van der Waals surface area contributed by atoms with Gasteiger partial charge in [0.15, 0.2) is 0 Å². The van der Waals surface area contributed by atoms with Crippen LogP contribution in [0.5, 0.6) is 11.5 Å². The van der Waals surface area contributed by atoms with Crippen LogP contribution in [0.4, 0.5) is 14.9 Å². The number of furan rings is 1. The summed E-state index contributed by atoms with van der Waals surface area (Å²) in [6.07, 6.45) is 1.51. The van der Waals surface area contributed by atoms with E-state index in [2.05, 4.69) is 0 Å². The van der Waals surface area contributed by atoms with Gasteiger partial charge in [-0.1, -0.05) is 0 Å². The van der Waals surface area contributed by atoms with E-state index in [1.165, 1.54) is 28.6 Å². The third-order valence-electron chi connectivity index (χ3n) is 6.75. The lowest BCUT2D eigenvalue weighted by Gasteiger charge is -2.30. The zero-order valence-corrected chi connectivity index (χ0v) is 23.1. The minimum atomic E-state index is -3.72. The number of nitrogens with zero attached hydrogens (tertiary/aromatic N) is 1. The van der Waals surface area contributed by atoms with Gasteiger partial charge in [0, 0.05) is 23.6 Å². The lowest BCUT2D eigenvalue weighted by molar-refractivity contribution is 0.0640. The van der Waals surface area contributed by atoms with Crippen molar-refractivity contribution < 1.29 is 36.3 Å². The molecule has 0 spiro atoms. The number of rotatable bonds is 9. The van der Waals surface area contributed by atoms with Gasteiger partial charge < -0.3 is 25.4 Å². The van der Waals surface area contributed by atoms with Crippen molar-refractivity contribution in [2.24, 2.45) is 11.5 Å². The molecule has 4 N–H and O–H groups in total. The summed E-state index contributed by atoms with van der Waals surface area (Å²) in [5.74, 6) is -0.367. The second kappa shape index (κ2) is 10.9. The topological polar surface area (TPSA) is 155 Å². The van der Waals surface area contributed by atoms with E-state index in [1.54, 1.807) is 43.3 Å². The highest BCUT2D eigenvalue weighted by atomic mass is 32.2. The predicted molar refractivity (Wildman–Crippen MR) is 151 cm³/mol. The molecule has 1 atom stereocenters. The van der Waals surface area contributed by atoms with Crippen LogP contribution in [0, 0.1) is 5.82 Å². The molecule has 1 aliphatic rings. The highest BCUT2D eigenvalue weighted by Gasteiger charge is 2.35. The summed E-state index contributed by atoms with van der Waals surface area (Å²) in [6.45, 7) is 1.79. The van der Waals surface area contributed by atoms with Crippen molar-refractivity contribution in [1.82, 2.24) is 0 Å². The summed E-state index contributed by atoms with van der Waals surface area (Å²) >= 11 is 0. The number of carbonyl (C=O) groups is 2. The number of benzene rings is 3. The van der Waals surface area contributed by atoms with Gasteiger partial charge in [-0.2, -0.15) is 0 Å². The number of primary amides is 1. The Morgan fingerprint density at radius 3 is 2.22 bits per heavy atom. The first-order chi connectivity index (χ1) is 19.5. The number of hydrogen-bond donors (Lipinski definition) is 2. The summed E-state index contributed by atoms with van der Waals surface area (Å²) < 4.78 is 56.8. The smallest absolute Gasteiger partial charge is 0.412 e. The molecule has 41 heavy (non-hydrogen) atoms. The van der Waals surface area contributed by atoms with Gasteiger partial charge >= 0.3 is 12.1 Å². The van der Waals surface area contributed by atoms with Crippen LogP contribution in [0.2, 0.25) is 0 Å². The standard InChI is InChI=1S/C29H28FN3O7S/c1-16(15-31)33(41(2,36)37)24-14-25-23(13-22(24)17-3-4-17)26(28(34)40-29(32)35)27(39-25)18-5-9-20(10-6-18)38-21-11-7-19(30)8-12-21/h5-14,16-17H,3-4,15,31H2,1-2H3,(H2,32,35). The number of amides is 1. The number of ether oxygens (including phenoxy) is 2. The zero-order valence-electron chi connectivity index (χ0n) is 22.3. The molecule has 4 aromatic rings. The molecular formula is C29H28FN3O7S. The highest BCUT2D eigenvalue weighted by Crippen LogP contribution is 2.48. The van der Waals surface area contributed by atoms with Crippen molar-refractivity contribution >= 4 is 38.7 Å². The van der Waals surface area contributed by atoms with E-state index in [9.17, 15) is 22.4 Å². The van der Waals surface area contributed by atoms with E-state index in [4.69, 9.17) is 25.4 Å². The van der Waals surface area contributed by atoms with Crippen LogP contribution in [0.15, 0.2) is 65.1 Å². The molecule has 1 fully saturated rings. The van der Waals surface area contributed by atoms with Crippen LogP contribution in [-0.4, -0.2) is 39.3 Å². The fraction of sp³-hybridized carbons (Fsp3) is 0.241. The van der Waals surface area contributed by atoms with Crippen molar-refractivity contribution in [3.63, 3.8) is 0 Å². The Balaban J connectivity index is 1.64. The van der Waals surface area contributed by atoms with E-state index in [0.717, 1.165) is 19.1 Å². The van der Waals surface area contributed by atoms with Gasteiger partial charge in [0.25, 0.3) is 0 Å². The second-order valence-corrected chi connectivity index (χ2v) is 11.8. The van der Waals surface area contributed by atoms with Gasteiger partial charge in [-0.05, 0) is 85.8 Å². The third kappa shape index (κ3) is 5.88. The minimum Gasteiger partial charge on any atom is -0.457 e. The lowest BCUT2D eigenvalue weighted by atomic mass is 10.0. The molecule has 3 aromatic carbocycles. The maximum absolute atomic E-state index is 13.2. The van der Waals surface area contributed by atoms with Crippen LogP contribution in [0.1, 0.15) is 41.6 Å². The molecule has 5 rings (SSSR count). The fourth-order valence-corrected chi connectivity index (χ4v) is 6.02. The lowest BCUT2D eigenvalue weighted by Crippen LogP contribution is -2.42. The summed E-state index contributed by atoms with van der Waals surface area (Å²) in [5, 5.41) is 0.345. The van der Waals surface area contributed by atoms with E-state index in [1.807, 2.05) is 0 Å². The number of fused-ring (bicyclic) bond motifs is 1. The van der Waals surface area contributed by atoms with Crippen LogP contribution in [-0.2, 0) is 14.8 Å². The molecule has 0 aliphatic heterocycles. The Morgan fingerprint density at radius 1 is 1.07 bits per heavy atom. The molecule has 0 saturated heterocycles. The number of halogens is 1. The fourth-order valence-electron chi connectivity index (χ4n) is 4.76. The van der Waals surface area contributed by atoms with Crippen molar-refractivity contribution in [2.75, 3.05) is 17.1 Å². The molecule has 1 heterocycles. The Hall–Kier alpha value is -4.42. The molecule has 1 unspecified atom stereocenters. The molecule has 1 aromatic heterocycles. The quantitative estimate of drug-likeness (QED) is 0.200. The van der Waals surface area contributed by atoms with Crippen LogP contribution >= 0.6 is 0 Å². The minimum absolute atomic E-state index is 0.0303. The largest absolute Gasteiger partial charge is 0.457 e. The maximum atomic E-state index is 13.2. The molecule has 1 aliphatic carbocycles. The molecule has 10 nitrogen and oxygen atoms in total. The zero-order chi connectivity index (χ0) is 29.5. The molecule has 12 heteroatoms. The summed E-state index contributed by atoms with van der Waals surface area (Å²) in [6, 6.07) is 14.8. The first kappa shape index (κ1) is 28.1. The van der Waals surface area contributed by atoms with Crippen LogP contribution in [0.3, 0.4) is 0 Å². The van der Waals surface area contributed by atoms with E-state index < -0.39 is 33.9 Å². The highest BCUT2D eigenvalue weighted by molar-refractivity contribution is 7.92. The number of anilines is 1. The third-order valence-corrected chi connectivity index (χ3v) is 8.03. The van der Waals surface area contributed by atoms with Crippen molar-refractivity contribution in [2.45, 2.75) is 31.7 Å². The molecule has 214 valence electrons. The summed E-state index contributed by atoms with van der Waals surface area (Å²) in [7, 11) is -3.72. The number of nitrogens with two attached hydrogens (primary N) is 2. The van der Waals surface area contributed by atoms with Gasteiger partial charge in [0.05, 0.1) is 18.0 Å². The monoisotopic (exact) mass is 581 g/mol. The van der Waals surface area contributed by atoms with E-state index in [-0.39, 0.29) is 29.4 Å². The first-order valence-electron chi connectivity index (χ1n) is 12.8. The Kier molecular flexibility index (Phi) is 7.45. The molecular weight excluding hydrogens is 553 g/mol. The Bertz CT molecular complexity index is 1730. The maximum Gasteiger partial charge on any atom is 0.412 e. The van der Waals surface area contributed by atoms with Gasteiger partial charge in [0.2, 0.25) is 10.0 Å². The van der Waals surface area contributed by atoms with Crippen molar-refractivity contribution in [3.8, 4) is 22.8 Å². The first-order valence-corrected chi connectivity index (χ1v) is 14.7. The molecule has 1 amide bonds. The average Bonchev–Trinajstić information content (AvgIpc) is 3.69. The van der Waals surface area contributed by atoms with E-state index in [0.29, 0.717) is 33.7 Å². The van der Waals surface area contributed by atoms with Crippen molar-refractivity contribution in [3.05, 3.63) is 77.6 Å². The van der Waals surface area contributed by atoms with Crippen molar-refractivity contribution in [1.29, 1.82) is 0 Å². The summed E-state index contributed by atoms with van der Waals surface area (Å²) in [4.78, 5) is 24.6. The normalized spacial score (nSPS) is 14.0. The SMILES string of the molecule is CC(CN)N(c1cc2oc(-c3ccc(Oc4ccc(F)cc4)cc3)c(C(=O)OC(N)=O)c2cc1C1CC1)S(C)(=O)=O. The molecule has 1 saturated carbocycles. The molecule has 0 radical (unpaired) electrons. The number of sulfonamides is 1. The summed E-state index contributed by atoms with van der Waals surface area (Å²) in [5.41, 5.74) is 12.8. The van der Waals surface area contributed by atoms with Crippen LogP contribution < -0.4 is 20.5 Å². The van der Waals surface area contributed by atoms with Crippen LogP contribution in [0.25, 0.3) is 22.3 Å². The second-order valence-electron chi connectivity index (χ2n) is 9.92. The van der Waals surface area contributed by atoms with Gasteiger partial charge in [-0.15, -0.1) is 0 Å². The number of carbonyl (C=O) groups excluding carboxylic acids is 2.